The van der Waals surface area contributed by atoms with Crippen LogP contribution in [0.1, 0.15) is 13.3 Å². The molecule has 2 saturated heterocycles. The molecule has 0 radical (unpaired) electrons. The average Bonchev–Trinajstić information content (AvgIpc) is 2.55. The second-order valence-corrected chi connectivity index (χ2v) is 6.41. The highest BCUT2D eigenvalue weighted by atomic mass is 35.5. The van der Waals surface area contributed by atoms with Crippen molar-refractivity contribution < 1.29 is 24.2 Å². The van der Waals surface area contributed by atoms with Crippen molar-refractivity contribution in [2.75, 3.05) is 12.5 Å². The molecule has 2 aliphatic heterocycles. The van der Waals surface area contributed by atoms with E-state index in [0.29, 0.717) is 6.42 Å². The summed E-state index contributed by atoms with van der Waals surface area (Å²) in [4.78, 5) is 35.1. The van der Waals surface area contributed by atoms with Crippen LogP contribution in [0.3, 0.4) is 0 Å². The Balaban J connectivity index is 2.12. The summed E-state index contributed by atoms with van der Waals surface area (Å²) in [6.07, 6.45) is 0.341. The zero-order valence-electron chi connectivity index (χ0n) is 9.59. The lowest BCUT2D eigenvalue weighted by atomic mass is 9.97. The topological polar surface area (TPSA) is 83.9 Å². The van der Waals surface area contributed by atoms with Crippen LogP contribution in [0.2, 0.25) is 0 Å². The smallest absolute Gasteiger partial charge is 0.328 e. The summed E-state index contributed by atoms with van der Waals surface area (Å²) in [5.74, 6) is -2.12. The van der Waals surface area contributed by atoms with Crippen molar-refractivity contribution in [3.8, 4) is 0 Å². The van der Waals surface area contributed by atoms with E-state index in [1.807, 2.05) is 0 Å². The monoisotopic (exact) mass is 293 g/mol. The standard InChI is InChI=1S/C10H12ClNO5S/c1-10(4-17-7(14)3-11)8(9(15)16)12-5(13)2-6(12)18-10/h6,8H,2-4H2,1H3,(H,15,16)/t6-,8+,10+/m1/s1. The zero-order chi connectivity index (χ0) is 13.5. The molecular weight excluding hydrogens is 282 g/mol. The van der Waals surface area contributed by atoms with Crippen molar-refractivity contribution in [2.45, 2.75) is 29.5 Å². The first-order valence-electron chi connectivity index (χ1n) is 5.32. The lowest BCUT2D eigenvalue weighted by Crippen LogP contribution is -2.58. The van der Waals surface area contributed by atoms with Crippen LogP contribution in [0.15, 0.2) is 0 Å². The van der Waals surface area contributed by atoms with Gasteiger partial charge in [0, 0.05) is 0 Å². The highest BCUT2D eigenvalue weighted by Gasteiger charge is 2.61. The van der Waals surface area contributed by atoms with Crippen molar-refractivity contribution in [1.82, 2.24) is 4.90 Å². The zero-order valence-corrected chi connectivity index (χ0v) is 11.2. The van der Waals surface area contributed by atoms with E-state index >= 15 is 0 Å². The minimum absolute atomic E-state index is 0.0690. The molecule has 1 N–H and O–H groups in total. The third-order valence-electron chi connectivity index (χ3n) is 3.07. The third-order valence-corrected chi connectivity index (χ3v) is 4.84. The number of halogens is 1. The predicted molar refractivity (Wildman–Crippen MR) is 64.3 cm³/mol. The highest BCUT2D eigenvalue weighted by molar-refractivity contribution is 8.01. The molecule has 18 heavy (non-hydrogen) atoms. The number of carboxylic acids is 1. The van der Waals surface area contributed by atoms with Crippen LogP contribution >= 0.6 is 23.4 Å². The largest absolute Gasteiger partial charge is 0.480 e. The van der Waals surface area contributed by atoms with Crippen LogP contribution in [0.5, 0.6) is 0 Å². The molecule has 0 aromatic rings. The SMILES string of the molecule is C[C@@]1(COC(=O)CCl)S[C@@H]2CC(=O)N2[C@H]1C(=O)O. The van der Waals surface area contributed by atoms with Gasteiger partial charge in [-0.15, -0.1) is 23.4 Å². The fourth-order valence-electron chi connectivity index (χ4n) is 2.23. The van der Waals surface area contributed by atoms with Crippen LogP contribution in [0.4, 0.5) is 0 Å². The van der Waals surface area contributed by atoms with E-state index in [0.717, 1.165) is 0 Å². The number of nitrogens with zero attached hydrogens (tertiary/aromatic N) is 1. The molecule has 2 aliphatic rings. The normalized spacial score (nSPS) is 33.9. The summed E-state index contributed by atoms with van der Waals surface area (Å²) in [5, 5.41) is 9.11. The number of esters is 1. The molecule has 2 heterocycles. The molecule has 0 aliphatic carbocycles. The van der Waals surface area contributed by atoms with E-state index in [1.54, 1.807) is 6.92 Å². The van der Waals surface area contributed by atoms with Gasteiger partial charge in [-0.1, -0.05) is 0 Å². The molecule has 8 heteroatoms. The van der Waals surface area contributed by atoms with Crippen molar-refractivity contribution in [2.24, 2.45) is 0 Å². The summed E-state index contributed by atoms with van der Waals surface area (Å²) in [6.45, 7) is 1.62. The number of hydrogen-bond acceptors (Lipinski definition) is 5. The maximum atomic E-state index is 11.4. The number of amides is 1. The van der Waals surface area contributed by atoms with Gasteiger partial charge in [0.1, 0.15) is 18.5 Å². The second-order valence-electron chi connectivity index (χ2n) is 4.43. The Morgan fingerprint density at radius 3 is 2.83 bits per heavy atom. The van der Waals surface area contributed by atoms with Crippen LogP contribution in [0.25, 0.3) is 0 Å². The number of carbonyl (C=O) groups excluding carboxylic acids is 2. The molecule has 2 rings (SSSR count). The van der Waals surface area contributed by atoms with E-state index in [1.165, 1.54) is 16.7 Å². The Kier molecular flexibility index (Phi) is 3.46. The molecule has 0 spiro atoms. The van der Waals surface area contributed by atoms with Gasteiger partial charge < -0.3 is 14.7 Å². The van der Waals surface area contributed by atoms with Gasteiger partial charge in [0.05, 0.1) is 16.5 Å². The van der Waals surface area contributed by atoms with E-state index in [-0.39, 0.29) is 23.8 Å². The Labute approximate surface area is 113 Å². The van der Waals surface area contributed by atoms with Crippen molar-refractivity contribution in [3.05, 3.63) is 0 Å². The minimum Gasteiger partial charge on any atom is -0.480 e. The number of carboxylic acid groups (broad SMARTS) is 1. The van der Waals surface area contributed by atoms with Crippen molar-refractivity contribution in [1.29, 1.82) is 0 Å². The molecule has 2 fully saturated rings. The first kappa shape index (κ1) is 13.5. The number of aliphatic carboxylic acids is 1. The maximum Gasteiger partial charge on any atom is 0.328 e. The fraction of sp³-hybridized carbons (Fsp3) is 0.700. The van der Waals surface area contributed by atoms with E-state index in [2.05, 4.69) is 0 Å². The molecule has 0 bridgehead atoms. The number of rotatable bonds is 4. The van der Waals surface area contributed by atoms with Gasteiger partial charge in [0.25, 0.3) is 0 Å². The lowest BCUT2D eigenvalue weighted by Gasteiger charge is -2.36. The maximum absolute atomic E-state index is 11.4. The second kappa shape index (κ2) is 4.62. The van der Waals surface area contributed by atoms with E-state index in [9.17, 15) is 19.5 Å². The molecule has 0 saturated carbocycles. The van der Waals surface area contributed by atoms with E-state index < -0.39 is 22.7 Å². The van der Waals surface area contributed by atoms with Gasteiger partial charge in [-0.25, -0.2) is 4.79 Å². The Morgan fingerprint density at radius 2 is 2.33 bits per heavy atom. The number of carbonyl (C=O) groups is 3. The summed E-state index contributed by atoms with van der Waals surface area (Å²) in [6, 6.07) is -0.961. The fourth-order valence-corrected chi connectivity index (χ4v) is 3.98. The summed E-state index contributed by atoms with van der Waals surface area (Å²) in [5.41, 5.74) is 0. The number of alkyl halides is 1. The molecule has 3 atom stereocenters. The number of fused-ring (bicyclic) bond motifs is 1. The van der Waals surface area contributed by atoms with Crippen LogP contribution in [-0.4, -0.2) is 56.5 Å². The van der Waals surface area contributed by atoms with Gasteiger partial charge in [-0.3, -0.25) is 9.59 Å². The van der Waals surface area contributed by atoms with Crippen LogP contribution in [0, 0.1) is 0 Å². The number of β-lactam (4-membered cyclic amide) rings is 1. The first-order valence-corrected chi connectivity index (χ1v) is 6.74. The quantitative estimate of drug-likeness (QED) is 0.455. The van der Waals surface area contributed by atoms with Gasteiger partial charge >= 0.3 is 11.9 Å². The average molecular weight is 294 g/mol. The summed E-state index contributed by atoms with van der Waals surface area (Å²) < 4.78 is 4.10. The molecule has 100 valence electrons. The van der Waals surface area contributed by atoms with Gasteiger partial charge in [0.15, 0.2) is 0 Å². The third kappa shape index (κ3) is 2.05. The van der Waals surface area contributed by atoms with Gasteiger partial charge in [-0.2, -0.15) is 0 Å². The predicted octanol–water partition coefficient (Wildman–Crippen LogP) is 0.286. The van der Waals surface area contributed by atoms with Crippen LogP contribution in [-0.2, 0) is 19.1 Å². The molecule has 0 unspecified atom stereocenters. The number of thioether (sulfide) groups is 1. The Morgan fingerprint density at radius 1 is 1.67 bits per heavy atom. The minimum atomic E-state index is -1.08. The molecule has 6 nitrogen and oxygen atoms in total. The lowest BCUT2D eigenvalue weighted by molar-refractivity contribution is -0.159. The Hall–Kier alpha value is -0.950. The molecule has 0 aromatic carbocycles. The molecular formula is C10H12ClNO5S. The van der Waals surface area contributed by atoms with Gasteiger partial charge in [0.2, 0.25) is 5.91 Å². The molecule has 1 amide bonds. The number of ether oxygens (including phenoxy) is 1. The molecule has 0 aromatic heterocycles. The van der Waals surface area contributed by atoms with E-state index in [4.69, 9.17) is 16.3 Å². The summed E-state index contributed by atoms with van der Waals surface area (Å²) >= 11 is 6.67. The highest BCUT2D eigenvalue weighted by Crippen LogP contribution is 2.51. The Bertz CT molecular complexity index is 417. The summed E-state index contributed by atoms with van der Waals surface area (Å²) in [7, 11) is 0. The number of hydrogen-bond donors (Lipinski definition) is 1. The van der Waals surface area contributed by atoms with Crippen LogP contribution < -0.4 is 0 Å². The first-order chi connectivity index (χ1) is 8.39. The van der Waals surface area contributed by atoms with Crippen molar-refractivity contribution in [3.63, 3.8) is 0 Å². The van der Waals surface area contributed by atoms with Crippen molar-refractivity contribution >= 4 is 41.2 Å². The van der Waals surface area contributed by atoms with Gasteiger partial charge in [-0.05, 0) is 6.92 Å².